The van der Waals surface area contributed by atoms with Crippen LogP contribution in [0.4, 0.5) is 5.00 Å². The summed E-state index contributed by atoms with van der Waals surface area (Å²) in [6.45, 7) is 9.76. The number of carbonyl (C=O) groups excluding carboxylic acids is 1. The number of nitriles is 1. The van der Waals surface area contributed by atoms with Crippen molar-refractivity contribution in [2.45, 2.75) is 65.1 Å². The number of thiophene rings is 2. The molecule has 6 nitrogen and oxygen atoms in total. The Hall–Kier alpha value is -2.67. The molecule has 0 saturated heterocycles. The van der Waals surface area contributed by atoms with Gasteiger partial charge in [-0.2, -0.15) is 5.26 Å². The lowest BCUT2D eigenvalue weighted by atomic mass is 9.72. The summed E-state index contributed by atoms with van der Waals surface area (Å²) in [6.07, 6.45) is 3.90. The molecule has 1 aliphatic carbocycles. The quantitative estimate of drug-likeness (QED) is 0.243. The van der Waals surface area contributed by atoms with Crippen LogP contribution in [0.25, 0.3) is 21.5 Å². The van der Waals surface area contributed by atoms with Gasteiger partial charge >= 0.3 is 0 Å². The number of hydrogen-bond acceptors (Lipinski definition) is 7. The zero-order chi connectivity index (χ0) is 26.2. The molecule has 9 heteroatoms. The van der Waals surface area contributed by atoms with E-state index in [-0.39, 0.29) is 17.1 Å². The van der Waals surface area contributed by atoms with E-state index in [0.29, 0.717) is 16.5 Å². The van der Waals surface area contributed by atoms with Gasteiger partial charge < -0.3 is 9.88 Å². The highest BCUT2D eigenvalue weighted by atomic mass is 32.2. The summed E-state index contributed by atoms with van der Waals surface area (Å²) < 4.78 is 3.33. The smallest absolute Gasteiger partial charge is 0.235 e. The second-order valence-electron chi connectivity index (χ2n) is 10.6. The Labute approximate surface area is 230 Å². The van der Waals surface area contributed by atoms with Crippen LogP contribution in [0.1, 0.15) is 56.5 Å². The predicted octanol–water partition coefficient (Wildman–Crippen LogP) is 7.38. The van der Waals surface area contributed by atoms with Gasteiger partial charge in [-0.25, -0.2) is 0 Å². The lowest BCUT2D eigenvalue weighted by Crippen LogP contribution is -2.26. The van der Waals surface area contributed by atoms with Crippen LogP contribution >= 0.6 is 34.4 Å². The molecule has 3 aromatic heterocycles. The molecule has 37 heavy (non-hydrogen) atoms. The maximum atomic E-state index is 13.0. The van der Waals surface area contributed by atoms with E-state index in [2.05, 4.69) is 71.4 Å². The molecule has 192 valence electrons. The van der Waals surface area contributed by atoms with E-state index in [1.165, 1.54) is 26.7 Å². The van der Waals surface area contributed by atoms with Crippen molar-refractivity contribution < 1.29 is 4.79 Å². The van der Waals surface area contributed by atoms with E-state index in [1.54, 1.807) is 22.7 Å². The standard InChI is InChI=1S/C28H31N5OS3/c1-5-12-33-25(21-15-35-22-9-7-6-8-18(21)22)31-32-27(33)36-16-24(34)30-26-20(14-29)19-11-10-17(28(2,3)4)13-23(19)37-26/h6-9,15,17H,5,10-13,16H2,1-4H3,(H,30,34). The van der Waals surface area contributed by atoms with E-state index < -0.39 is 0 Å². The van der Waals surface area contributed by atoms with Gasteiger partial charge in [0.2, 0.25) is 5.91 Å². The van der Waals surface area contributed by atoms with Crippen molar-refractivity contribution in [2.24, 2.45) is 11.3 Å². The van der Waals surface area contributed by atoms with Crippen LogP contribution in [-0.4, -0.2) is 26.4 Å². The van der Waals surface area contributed by atoms with Crippen LogP contribution in [0.15, 0.2) is 34.8 Å². The number of aromatic nitrogens is 3. The topological polar surface area (TPSA) is 83.6 Å². The molecule has 0 radical (unpaired) electrons. The minimum absolute atomic E-state index is 0.124. The highest BCUT2D eigenvalue weighted by molar-refractivity contribution is 7.99. The van der Waals surface area contributed by atoms with Gasteiger partial charge in [0, 0.05) is 32.5 Å². The monoisotopic (exact) mass is 549 g/mol. The van der Waals surface area contributed by atoms with Crippen LogP contribution < -0.4 is 5.32 Å². The number of nitrogens with zero attached hydrogens (tertiary/aromatic N) is 4. The van der Waals surface area contributed by atoms with E-state index in [0.717, 1.165) is 54.3 Å². The molecule has 1 unspecified atom stereocenters. The SMILES string of the molecule is CCCn1c(SCC(=O)Nc2sc3c(c2C#N)CCC(C(C)(C)C)C3)nnc1-c1csc2ccccc12. The highest BCUT2D eigenvalue weighted by Crippen LogP contribution is 2.44. The summed E-state index contributed by atoms with van der Waals surface area (Å²) in [5.74, 6) is 1.52. The molecule has 1 amide bonds. The van der Waals surface area contributed by atoms with Crippen LogP contribution in [-0.2, 0) is 24.2 Å². The third-order valence-corrected chi connectivity index (χ3v) is 10.2. The van der Waals surface area contributed by atoms with Crippen LogP contribution in [0.2, 0.25) is 0 Å². The van der Waals surface area contributed by atoms with Gasteiger partial charge in [-0.15, -0.1) is 32.9 Å². The first-order valence-electron chi connectivity index (χ1n) is 12.7. The van der Waals surface area contributed by atoms with Gasteiger partial charge in [0.15, 0.2) is 11.0 Å². The highest BCUT2D eigenvalue weighted by Gasteiger charge is 2.32. The number of amides is 1. The lowest BCUT2D eigenvalue weighted by molar-refractivity contribution is -0.113. The maximum Gasteiger partial charge on any atom is 0.235 e. The van der Waals surface area contributed by atoms with Crippen LogP contribution in [0, 0.1) is 22.7 Å². The predicted molar refractivity (Wildman–Crippen MR) is 154 cm³/mol. The molecule has 0 spiro atoms. The Kier molecular flexibility index (Phi) is 7.44. The van der Waals surface area contributed by atoms with Crippen molar-refractivity contribution >= 4 is 55.4 Å². The van der Waals surface area contributed by atoms with Gasteiger partial charge in [0.25, 0.3) is 0 Å². The maximum absolute atomic E-state index is 13.0. The molecule has 1 atom stereocenters. The third kappa shape index (κ3) is 5.20. The Morgan fingerprint density at radius 1 is 1.30 bits per heavy atom. The number of hydrogen-bond donors (Lipinski definition) is 1. The summed E-state index contributed by atoms with van der Waals surface area (Å²) in [5, 5.41) is 26.6. The molecule has 1 N–H and O–H groups in total. The third-order valence-electron chi connectivity index (χ3n) is 7.07. The minimum Gasteiger partial charge on any atom is -0.316 e. The largest absolute Gasteiger partial charge is 0.316 e. The van der Waals surface area contributed by atoms with E-state index in [1.807, 2.05) is 12.1 Å². The molecule has 1 aromatic carbocycles. The first kappa shape index (κ1) is 26.0. The number of rotatable bonds is 7. The average molecular weight is 550 g/mol. The number of nitrogens with one attached hydrogen (secondary N) is 1. The number of anilines is 1. The molecular weight excluding hydrogens is 519 g/mol. The lowest BCUT2D eigenvalue weighted by Gasteiger charge is -2.33. The fourth-order valence-electron chi connectivity index (χ4n) is 5.00. The van der Waals surface area contributed by atoms with Crippen molar-refractivity contribution in [1.82, 2.24) is 14.8 Å². The second kappa shape index (κ2) is 10.6. The van der Waals surface area contributed by atoms with Gasteiger partial charge in [-0.1, -0.05) is 57.7 Å². The van der Waals surface area contributed by atoms with Crippen molar-refractivity contribution in [3.8, 4) is 17.5 Å². The molecule has 0 bridgehead atoms. The van der Waals surface area contributed by atoms with Crippen molar-refractivity contribution in [3.63, 3.8) is 0 Å². The van der Waals surface area contributed by atoms with E-state index in [9.17, 15) is 10.1 Å². The van der Waals surface area contributed by atoms with Crippen molar-refractivity contribution in [3.05, 3.63) is 45.6 Å². The number of fused-ring (bicyclic) bond motifs is 2. The van der Waals surface area contributed by atoms with Gasteiger partial charge in [0.05, 0.1) is 11.3 Å². The number of thioether (sulfide) groups is 1. The zero-order valence-electron chi connectivity index (χ0n) is 21.6. The summed E-state index contributed by atoms with van der Waals surface area (Å²) in [4.78, 5) is 14.2. The van der Waals surface area contributed by atoms with Crippen LogP contribution in [0.5, 0.6) is 0 Å². The fraction of sp³-hybridized carbons (Fsp3) is 0.429. The Bertz CT molecular complexity index is 1480. The number of benzene rings is 1. The molecule has 0 fully saturated rings. The zero-order valence-corrected chi connectivity index (χ0v) is 24.1. The first-order valence-corrected chi connectivity index (χ1v) is 15.3. The van der Waals surface area contributed by atoms with Crippen molar-refractivity contribution in [2.75, 3.05) is 11.1 Å². The molecule has 5 rings (SSSR count). The normalized spacial score (nSPS) is 15.5. The summed E-state index contributed by atoms with van der Waals surface area (Å²) in [7, 11) is 0. The Balaban J connectivity index is 1.31. The van der Waals surface area contributed by atoms with Crippen molar-refractivity contribution in [1.29, 1.82) is 5.26 Å². The Morgan fingerprint density at radius 3 is 2.86 bits per heavy atom. The fourth-order valence-corrected chi connectivity index (χ4v) is 7.99. The summed E-state index contributed by atoms with van der Waals surface area (Å²) >= 11 is 4.67. The summed E-state index contributed by atoms with van der Waals surface area (Å²) in [6, 6.07) is 10.7. The average Bonchev–Trinajstić information content (AvgIpc) is 3.56. The molecule has 4 aromatic rings. The van der Waals surface area contributed by atoms with E-state index >= 15 is 0 Å². The molecule has 0 aliphatic heterocycles. The minimum atomic E-state index is -0.124. The van der Waals surface area contributed by atoms with Gasteiger partial charge in [-0.05, 0) is 48.6 Å². The Morgan fingerprint density at radius 2 is 2.11 bits per heavy atom. The molecule has 3 heterocycles. The second-order valence-corrected chi connectivity index (χ2v) is 13.5. The first-order chi connectivity index (χ1) is 17.8. The molecule has 1 aliphatic rings. The van der Waals surface area contributed by atoms with Crippen LogP contribution in [0.3, 0.4) is 0 Å². The molecule has 0 saturated carbocycles. The number of carbonyl (C=O) groups is 1. The van der Waals surface area contributed by atoms with Gasteiger partial charge in [0.1, 0.15) is 11.1 Å². The summed E-state index contributed by atoms with van der Waals surface area (Å²) in [5.41, 5.74) is 3.09. The van der Waals surface area contributed by atoms with E-state index in [4.69, 9.17) is 0 Å². The van der Waals surface area contributed by atoms with Gasteiger partial charge in [-0.3, -0.25) is 4.79 Å². The molecular formula is C28H31N5OS3.